The molecule has 0 saturated carbocycles. The van der Waals surface area contributed by atoms with Crippen molar-refractivity contribution in [1.82, 2.24) is 0 Å². The van der Waals surface area contributed by atoms with Crippen LogP contribution in [0.1, 0.15) is 16.0 Å². The molecule has 2 aromatic rings. The summed E-state index contributed by atoms with van der Waals surface area (Å²) in [5.41, 5.74) is 8.27. The summed E-state index contributed by atoms with van der Waals surface area (Å²) < 4.78 is 0. The molecule has 0 radical (unpaired) electrons. The van der Waals surface area contributed by atoms with Gasteiger partial charge < -0.3 is 11.1 Å². The lowest BCUT2D eigenvalue weighted by Gasteiger charge is -2.05. The minimum atomic E-state index is -0.0325. The first-order chi connectivity index (χ1) is 9.88. The average molecular weight is 341 g/mol. The van der Waals surface area contributed by atoms with Crippen LogP contribution in [0.25, 0.3) is 0 Å². The van der Waals surface area contributed by atoms with Crippen LogP contribution in [0, 0.1) is 19.3 Å². The third kappa shape index (κ3) is 3.75. The first kappa shape index (κ1) is 15.8. The van der Waals surface area contributed by atoms with Gasteiger partial charge in [-0.05, 0) is 43.7 Å². The van der Waals surface area contributed by atoms with E-state index in [2.05, 4.69) is 10.3 Å². The van der Waals surface area contributed by atoms with Gasteiger partial charge in [0.15, 0.2) is 5.96 Å². The molecule has 0 spiro atoms. The molecule has 0 unspecified atom stereocenters. The molecule has 4 nitrogen and oxygen atoms in total. The molecule has 0 saturated heterocycles. The highest BCUT2D eigenvalue weighted by molar-refractivity contribution is 7.16. The van der Waals surface area contributed by atoms with Crippen LogP contribution in [-0.4, -0.2) is 11.1 Å². The molecule has 1 aromatic carbocycles. The highest BCUT2D eigenvalue weighted by Gasteiger charge is 2.15. The van der Waals surface area contributed by atoms with E-state index in [4.69, 9.17) is 34.3 Å². The van der Waals surface area contributed by atoms with Crippen molar-refractivity contribution < 1.29 is 0 Å². The maximum absolute atomic E-state index is 7.65. The number of aryl methyl sites for hydroxylation is 1. The number of halogens is 2. The maximum Gasteiger partial charge on any atom is 0.199 e. The zero-order valence-corrected chi connectivity index (χ0v) is 13.8. The molecule has 0 fully saturated rings. The molecule has 0 aliphatic heterocycles. The molecular weight excluding hydrogens is 327 g/mol. The van der Waals surface area contributed by atoms with Gasteiger partial charge in [0.05, 0.1) is 5.56 Å². The number of rotatable bonds is 3. The van der Waals surface area contributed by atoms with Crippen LogP contribution in [0.4, 0.5) is 10.7 Å². The third-order valence-corrected chi connectivity index (χ3v) is 4.47. The molecule has 1 heterocycles. The fourth-order valence-corrected chi connectivity index (χ4v) is 3.22. The highest BCUT2D eigenvalue weighted by Crippen LogP contribution is 2.35. The van der Waals surface area contributed by atoms with E-state index in [0.29, 0.717) is 15.6 Å². The van der Waals surface area contributed by atoms with Crippen molar-refractivity contribution in [3.63, 3.8) is 0 Å². The molecular formula is C14H14Cl2N4S. The van der Waals surface area contributed by atoms with Gasteiger partial charge in [-0.2, -0.15) is 0 Å². The second kappa shape index (κ2) is 6.47. The van der Waals surface area contributed by atoms with Gasteiger partial charge in [0.1, 0.15) is 10.2 Å². The van der Waals surface area contributed by atoms with Crippen molar-refractivity contribution >= 4 is 56.4 Å². The first-order valence-electron chi connectivity index (χ1n) is 6.09. The molecule has 0 aliphatic rings. The highest BCUT2D eigenvalue weighted by atomic mass is 35.5. The van der Waals surface area contributed by atoms with E-state index in [9.17, 15) is 0 Å². The summed E-state index contributed by atoms with van der Waals surface area (Å²) in [6.07, 6.45) is 0. The molecule has 4 N–H and O–H groups in total. The Balaban J connectivity index is 2.29. The summed E-state index contributed by atoms with van der Waals surface area (Å²) >= 11 is 13.1. The fraction of sp³-hybridized carbons (Fsp3) is 0.143. The second-order valence-corrected chi connectivity index (χ2v) is 6.42. The topological polar surface area (TPSA) is 74.3 Å². The minimum absolute atomic E-state index is 0.0325. The Morgan fingerprint density at radius 3 is 2.48 bits per heavy atom. The van der Waals surface area contributed by atoms with E-state index in [0.717, 1.165) is 16.1 Å². The zero-order chi connectivity index (χ0) is 15.6. The number of guanidine groups is 1. The van der Waals surface area contributed by atoms with Crippen LogP contribution >= 0.6 is 34.5 Å². The predicted molar refractivity (Wildman–Crippen MR) is 92.8 cm³/mol. The second-order valence-electron chi connectivity index (χ2n) is 4.41. The predicted octanol–water partition coefficient (Wildman–Crippen LogP) is 4.64. The molecule has 7 heteroatoms. The Morgan fingerprint density at radius 2 is 1.90 bits per heavy atom. The minimum Gasteiger partial charge on any atom is -0.369 e. The Morgan fingerprint density at radius 1 is 1.29 bits per heavy atom. The van der Waals surface area contributed by atoms with Gasteiger partial charge in [-0.25, -0.2) is 4.99 Å². The van der Waals surface area contributed by atoms with Crippen LogP contribution < -0.4 is 11.1 Å². The van der Waals surface area contributed by atoms with Crippen LogP contribution in [-0.2, 0) is 0 Å². The Labute approximate surface area is 137 Å². The van der Waals surface area contributed by atoms with E-state index in [1.165, 1.54) is 11.3 Å². The monoisotopic (exact) mass is 340 g/mol. The number of thiophene rings is 1. The van der Waals surface area contributed by atoms with Gasteiger partial charge in [0.25, 0.3) is 0 Å². The number of hydrogen-bond donors (Lipinski definition) is 3. The largest absolute Gasteiger partial charge is 0.369 e. The summed E-state index contributed by atoms with van der Waals surface area (Å²) in [6.45, 7) is 3.88. The van der Waals surface area contributed by atoms with Crippen molar-refractivity contribution in [2.75, 3.05) is 5.32 Å². The fourth-order valence-electron chi connectivity index (χ4n) is 1.76. The molecule has 2 rings (SSSR count). The van der Waals surface area contributed by atoms with Crippen molar-refractivity contribution in [3.8, 4) is 0 Å². The van der Waals surface area contributed by atoms with Gasteiger partial charge in [0, 0.05) is 15.6 Å². The maximum atomic E-state index is 7.65. The van der Waals surface area contributed by atoms with Gasteiger partial charge in [-0.3, -0.25) is 5.41 Å². The van der Waals surface area contributed by atoms with Gasteiger partial charge in [-0.15, -0.1) is 11.3 Å². The smallest absolute Gasteiger partial charge is 0.199 e. The molecule has 0 bridgehead atoms. The summed E-state index contributed by atoms with van der Waals surface area (Å²) in [6, 6.07) is 7.13. The zero-order valence-electron chi connectivity index (χ0n) is 11.5. The number of nitrogens with zero attached hydrogens (tertiary/aromatic N) is 1. The van der Waals surface area contributed by atoms with Gasteiger partial charge >= 0.3 is 0 Å². The first-order valence-corrected chi connectivity index (χ1v) is 7.67. The SMILES string of the molecule is Cc1sc(/N=C(/N)Nc2ccc(Cl)cc2)c(C(=N)Cl)c1C. The molecule has 0 aliphatic carbocycles. The van der Waals surface area contributed by atoms with Crippen molar-refractivity contribution in [3.05, 3.63) is 45.3 Å². The van der Waals surface area contributed by atoms with E-state index in [1.54, 1.807) is 24.3 Å². The lowest BCUT2D eigenvalue weighted by Crippen LogP contribution is -2.21. The Bertz CT molecular complexity index is 705. The van der Waals surface area contributed by atoms with Crippen LogP contribution in [0.5, 0.6) is 0 Å². The number of aliphatic imine (C=N–C) groups is 1. The third-order valence-electron chi connectivity index (χ3n) is 2.92. The van der Waals surface area contributed by atoms with Crippen LogP contribution in [0.15, 0.2) is 29.3 Å². The van der Waals surface area contributed by atoms with Crippen molar-refractivity contribution in [1.29, 1.82) is 5.41 Å². The number of hydrogen-bond acceptors (Lipinski definition) is 3. The lowest BCUT2D eigenvalue weighted by molar-refractivity contribution is 1.39. The number of nitrogens with one attached hydrogen (secondary N) is 2. The average Bonchev–Trinajstić information content (AvgIpc) is 2.67. The summed E-state index contributed by atoms with van der Waals surface area (Å²) in [7, 11) is 0. The summed E-state index contributed by atoms with van der Waals surface area (Å²) in [4.78, 5) is 5.39. The van der Waals surface area contributed by atoms with Crippen LogP contribution in [0.3, 0.4) is 0 Å². The van der Waals surface area contributed by atoms with E-state index in [-0.39, 0.29) is 11.1 Å². The molecule has 21 heavy (non-hydrogen) atoms. The van der Waals surface area contributed by atoms with Crippen molar-refractivity contribution in [2.45, 2.75) is 13.8 Å². The summed E-state index contributed by atoms with van der Waals surface area (Å²) in [5, 5.41) is 11.9. The molecule has 0 atom stereocenters. The normalized spacial score (nSPS) is 11.5. The van der Waals surface area contributed by atoms with E-state index >= 15 is 0 Å². The molecule has 1 aromatic heterocycles. The number of benzene rings is 1. The summed E-state index contributed by atoms with van der Waals surface area (Å²) in [5.74, 6) is 0.234. The quantitative estimate of drug-likeness (QED) is 0.562. The number of nitrogens with two attached hydrogens (primary N) is 1. The Hall–Kier alpha value is -1.56. The molecule has 0 amide bonds. The van der Waals surface area contributed by atoms with Crippen molar-refractivity contribution in [2.24, 2.45) is 10.7 Å². The van der Waals surface area contributed by atoms with E-state index in [1.807, 2.05) is 13.8 Å². The van der Waals surface area contributed by atoms with Crippen LogP contribution in [0.2, 0.25) is 5.02 Å². The Kier molecular flexibility index (Phi) is 4.88. The van der Waals surface area contributed by atoms with Gasteiger partial charge in [0.2, 0.25) is 0 Å². The number of anilines is 1. The lowest BCUT2D eigenvalue weighted by atomic mass is 10.2. The van der Waals surface area contributed by atoms with E-state index < -0.39 is 0 Å². The standard InChI is InChI=1S/C14H14Cl2N4S/c1-7-8(2)21-13(11(7)12(16)17)20-14(18)19-10-5-3-9(15)4-6-10/h3-6,17H,1-2H3,(H3,18,19,20). The van der Waals surface area contributed by atoms with Gasteiger partial charge in [-0.1, -0.05) is 23.2 Å². The molecule has 110 valence electrons.